The highest BCUT2D eigenvalue weighted by Gasteiger charge is 2.25. The van der Waals surface area contributed by atoms with Crippen molar-refractivity contribution in [2.75, 3.05) is 0 Å². The maximum Gasteiger partial charge on any atom is 0.136 e. The van der Waals surface area contributed by atoms with Gasteiger partial charge in [-0.25, -0.2) is 0 Å². The number of benzene rings is 14. The van der Waals surface area contributed by atoms with Crippen LogP contribution in [0.4, 0.5) is 0 Å². The molecule has 0 spiro atoms. The van der Waals surface area contributed by atoms with Crippen LogP contribution in [0.15, 0.2) is 267 Å². The predicted octanol–water partition coefficient (Wildman–Crippen LogP) is 21.9. The molecule has 4 nitrogen and oxygen atoms in total. The largest absolute Gasteiger partial charge is 0.456 e. The summed E-state index contributed by atoms with van der Waals surface area (Å²) in [4.78, 5) is 0. The van der Waals surface area contributed by atoms with E-state index in [4.69, 9.17) is 9.47 Å². The van der Waals surface area contributed by atoms with Crippen molar-refractivity contribution in [3.8, 4) is 78.6 Å². The van der Waals surface area contributed by atoms with E-state index in [9.17, 15) is 10.2 Å². The molecule has 84 heavy (non-hydrogen) atoms. The van der Waals surface area contributed by atoms with Gasteiger partial charge in [0, 0.05) is 73.7 Å². The van der Waals surface area contributed by atoms with Gasteiger partial charge in [-0.15, -0.1) is 22.7 Å². The van der Waals surface area contributed by atoms with E-state index in [0.29, 0.717) is 23.0 Å². The molecule has 14 aromatic carbocycles. The Morgan fingerprint density at radius 3 is 1.08 bits per heavy atom. The number of aliphatic hydroxyl groups is 2. The summed E-state index contributed by atoms with van der Waals surface area (Å²) in [5.74, 6) is 2.60. The predicted molar refractivity (Wildman–Crippen MR) is 354 cm³/mol. The van der Waals surface area contributed by atoms with Gasteiger partial charge in [-0.2, -0.15) is 0 Å². The second-order valence-corrected chi connectivity index (χ2v) is 23.7. The second-order valence-electron chi connectivity index (χ2n) is 21.6. The van der Waals surface area contributed by atoms with Gasteiger partial charge in [0.25, 0.3) is 0 Å². The van der Waals surface area contributed by atoms with Crippen LogP contribution in [-0.4, -0.2) is 10.2 Å². The highest BCUT2D eigenvalue weighted by atomic mass is 32.1. The number of thiophene rings is 2. The van der Waals surface area contributed by atoms with Gasteiger partial charge in [0.2, 0.25) is 0 Å². The summed E-state index contributed by atoms with van der Waals surface area (Å²) in [5.41, 5.74) is 11.6. The van der Waals surface area contributed by atoms with E-state index in [-0.39, 0.29) is 13.2 Å². The Balaban J connectivity index is 0.946. The first-order chi connectivity index (χ1) is 41.5. The molecule has 16 rings (SSSR count). The molecular weight excluding hydrogens is 1060 g/mol. The van der Waals surface area contributed by atoms with Crippen LogP contribution < -0.4 is 9.47 Å². The topological polar surface area (TPSA) is 58.9 Å². The van der Waals surface area contributed by atoms with Crippen LogP contribution in [-0.2, 0) is 13.2 Å². The van der Waals surface area contributed by atoms with E-state index in [0.717, 1.165) is 97.7 Å². The number of fused-ring (bicyclic) bond motifs is 10. The summed E-state index contributed by atoms with van der Waals surface area (Å²) in [5, 5.41) is 35.0. The average molecular weight is 1120 g/mol. The van der Waals surface area contributed by atoms with Crippen LogP contribution in [0.5, 0.6) is 23.0 Å². The van der Waals surface area contributed by atoms with Crippen molar-refractivity contribution in [2.24, 2.45) is 0 Å². The molecule has 16 aromatic rings. The molecule has 2 N–H and O–H groups in total. The van der Waals surface area contributed by atoms with Crippen molar-refractivity contribution in [3.05, 3.63) is 278 Å². The van der Waals surface area contributed by atoms with Crippen molar-refractivity contribution in [1.29, 1.82) is 0 Å². The molecule has 398 valence electrons. The summed E-state index contributed by atoms with van der Waals surface area (Å²) in [6.07, 6.45) is 0. The van der Waals surface area contributed by atoms with Gasteiger partial charge >= 0.3 is 0 Å². The monoisotopic (exact) mass is 1110 g/mol. The summed E-state index contributed by atoms with van der Waals surface area (Å²) in [6, 6.07) is 94.6. The quantitative estimate of drug-likeness (QED) is 0.136. The normalized spacial score (nSPS) is 11.8. The Labute approximate surface area is 492 Å². The van der Waals surface area contributed by atoms with E-state index in [1.807, 2.05) is 24.3 Å². The van der Waals surface area contributed by atoms with Crippen LogP contribution in [0.2, 0.25) is 0 Å². The lowest BCUT2D eigenvalue weighted by atomic mass is 9.89. The van der Waals surface area contributed by atoms with E-state index in [1.54, 1.807) is 22.7 Å². The van der Waals surface area contributed by atoms with Gasteiger partial charge < -0.3 is 19.7 Å². The van der Waals surface area contributed by atoms with Crippen molar-refractivity contribution in [3.63, 3.8) is 0 Å². The minimum atomic E-state index is -0.118. The smallest absolute Gasteiger partial charge is 0.136 e. The molecule has 0 bridgehead atoms. The fraction of sp³-hybridized carbons (Fsp3) is 0.0256. The van der Waals surface area contributed by atoms with Gasteiger partial charge in [0.15, 0.2) is 0 Å². The summed E-state index contributed by atoms with van der Waals surface area (Å²) >= 11 is 3.55. The molecule has 0 radical (unpaired) electrons. The summed E-state index contributed by atoms with van der Waals surface area (Å²) in [7, 11) is 0. The lowest BCUT2D eigenvalue weighted by Crippen LogP contribution is -1.98. The molecule has 0 aliphatic heterocycles. The van der Waals surface area contributed by atoms with Crippen LogP contribution in [0, 0.1) is 0 Å². The second kappa shape index (κ2) is 20.5. The zero-order valence-corrected chi connectivity index (χ0v) is 47.0. The third kappa shape index (κ3) is 8.58. The van der Waals surface area contributed by atoms with E-state index >= 15 is 0 Å². The van der Waals surface area contributed by atoms with Crippen molar-refractivity contribution >= 4 is 106 Å². The zero-order chi connectivity index (χ0) is 55.8. The molecule has 2 heterocycles. The number of aliphatic hydroxyl groups excluding tert-OH is 2. The highest BCUT2D eigenvalue weighted by Crippen LogP contribution is 2.52. The van der Waals surface area contributed by atoms with Crippen LogP contribution in [0.1, 0.15) is 11.1 Å². The minimum absolute atomic E-state index is 0.118. The Hall–Kier alpha value is -9.92. The SMILES string of the molecule is OCc1ccc(Oc2ccc3cc(-c4ccc5ccccc5c4)ccc3c2-c2c(Oc3ccc(CO)cc3-c3cccc4c3sc3ccccc34)ccc3cc(-c4ccc5ccccc5c4)ccc23)c(-c2cccc3c2sc2ccccc23)c1. The molecule has 0 aliphatic rings. The molecule has 2 aromatic heterocycles. The molecule has 0 aliphatic carbocycles. The van der Waals surface area contributed by atoms with Gasteiger partial charge in [0.05, 0.1) is 13.2 Å². The zero-order valence-electron chi connectivity index (χ0n) is 45.3. The van der Waals surface area contributed by atoms with Gasteiger partial charge in [0.1, 0.15) is 23.0 Å². The lowest BCUT2D eigenvalue weighted by molar-refractivity contribution is 0.281. The molecule has 0 saturated heterocycles. The van der Waals surface area contributed by atoms with Crippen LogP contribution >= 0.6 is 22.7 Å². The van der Waals surface area contributed by atoms with Crippen molar-refractivity contribution < 1.29 is 19.7 Å². The first-order valence-corrected chi connectivity index (χ1v) is 29.9. The Bertz CT molecular complexity index is 4990. The number of hydrogen-bond donors (Lipinski definition) is 2. The molecule has 0 saturated carbocycles. The van der Waals surface area contributed by atoms with Crippen molar-refractivity contribution in [1.82, 2.24) is 0 Å². The first kappa shape index (κ1) is 49.9. The molecule has 0 unspecified atom stereocenters. The third-order valence-electron chi connectivity index (χ3n) is 16.7. The highest BCUT2D eigenvalue weighted by molar-refractivity contribution is 7.26. The lowest BCUT2D eigenvalue weighted by Gasteiger charge is -2.22. The van der Waals surface area contributed by atoms with E-state index in [2.05, 4.69) is 243 Å². The fourth-order valence-corrected chi connectivity index (χ4v) is 15.0. The van der Waals surface area contributed by atoms with E-state index in [1.165, 1.54) is 52.5 Å². The third-order valence-corrected chi connectivity index (χ3v) is 19.1. The van der Waals surface area contributed by atoms with Crippen LogP contribution in [0.25, 0.3) is 139 Å². The Kier molecular flexibility index (Phi) is 12.2. The van der Waals surface area contributed by atoms with Gasteiger partial charge in [-0.3, -0.25) is 0 Å². The molecule has 0 atom stereocenters. The maximum absolute atomic E-state index is 10.7. The minimum Gasteiger partial charge on any atom is -0.456 e. The van der Waals surface area contributed by atoms with Crippen LogP contribution in [0.3, 0.4) is 0 Å². The first-order valence-electron chi connectivity index (χ1n) is 28.3. The fourth-order valence-electron chi connectivity index (χ4n) is 12.5. The molecule has 0 fully saturated rings. The van der Waals surface area contributed by atoms with Gasteiger partial charge in [-0.1, -0.05) is 194 Å². The Morgan fingerprint density at radius 1 is 0.262 bits per heavy atom. The number of hydrogen-bond acceptors (Lipinski definition) is 6. The Morgan fingerprint density at radius 2 is 0.631 bits per heavy atom. The van der Waals surface area contributed by atoms with Gasteiger partial charge in [-0.05, 0) is 149 Å². The van der Waals surface area contributed by atoms with Crippen molar-refractivity contribution in [2.45, 2.75) is 13.2 Å². The molecule has 0 amide bonds. The number of ether oxygens (including phenoxy) is 2. The molecular formula is C78H50O4S2. The van der Waals surface area contributed by atoms with E-state index < -0.39 is 0 Å². The summed E-state index contributed by atoms with van der Waals surface area (Å²) < 4.78 is 19.9. The number of rotatable bonds is 11. The summed E-state index contributed by atoms with van der Waals surface area (Å²) in [6.45, 7) is -0.236. The molecule has 6 heteroatoms. The maximum atomic E-state index is 10.7. The standard InChI is InChI=1S/C78H50O4S2/c79-45-47-23-35-69(67(39-47)65-19-9-17-63-61-15-5-7-21-73(61)83-77(63)65)81-71-37-31-57-43-55(53-27-25-49-11-1-3-13-51(49)41-53)29-33-59(57)75(71)76-60-34-30-56(54-28-26-50-12-2-4-14-52(50)42-54)44-58(60)32-38-72(76)82-70-36-24-48(46-80)40-68(70)66-20-10-18-64-62-16-6-8-22-74(62)84-78(64)66/h1-44,79-80H,45-46H2. The average Bonchev–Trinajstić information content (AvgIpc) is 1.69.